The first-order chi connectivity index (χ1) is 25.7. The number of nitrogens with zero attached hydrogens (tertiary/aromatic N) is 8. The minimum absolute atomic E-state index is 0.0402. The molecule has 0 saturated carbocycles. The molecule has 0 radical (unpaired) electrons. The van der Waals surface area contributed by atoms with Crippen molar-refractivity contribution in [3.8, 4) is 12.0 Å². The quantitative estimate of drug-likeness (QED) is 0.0424. The Morgan fingerprint density at radius 1 is 0.593 bits per heavy atom. The van der Waals surface area contributed by atoms with E-state index in [9.17, 15) is 46.4 Å². The maximum Gasteiger partial charge on any atom is 0.322 e. The molecule has 4 aromatic rings. The van der Waals surface area contributed by atoms with Crippen LogP contribution < -0.4 is 29.9 Å². The summed E-state index contributed by atoms with van der Waals surface area (Å²) < 4.78 is 80.3. The normalized spacial score (nSPS) is 11.8. The first-order valence-corrected chi connectivity index (χ1v) is 18.6. The van der Waals surface area contributed by atoms with Gasteiger partial charge in [-0.15, -0.1) is 0 Å². The second-order valence-corrected chi connectivity index (χ2v) is 13.6. The van der Waals surface area contributed by atoms with Crippen LogP contribution >= 0.6 is 0 Å². The Balaban J connectivity index is 1.67. The van der Waals surface area contributed by atoms with Crippen molar-refractivity contribution in [3.63, 3.8) is 0 Å². The van der Waals surface area contributed by atoms with E-state index < -0.39 is 30.0 Å². The third-order valence-corrected chi connectivity index (χ3v) is 8.97. The zero-order chi connectivity index (χ0) is 39.5. The molecule has 0 spiro atoms. The number of anilines is 6. The highest BCUT2D eigenvalue weighted by molar-refractivity contribution is 7.86. The number of methoxy groups -OCH3 is 2. The first-order valence-electron chi connectivity index (χ1n) is 15.7. The number of aromatic nitrogens is 6. The molecule has 0 atom stereocenters. The highest BCUT2D eigenvalue weighted by Gasteiger charge is 2.20. The third-order valence-electron chi connectivity index (χ3n) is 7.15. The Hall–Kier alpha value is -5.34. The monoisotopic (exact) mass is 794 g/mol. The summed E-state index contributed by atoms with van der Waals surface area (Å²) in [6.45, 7) is -0.787. The molecule has 2 aromatic carbocycles. The van der Waals surface area contributed by atoms with Crippen LogP contribution in [0.1, 0.15) is 11.1 Å². The van der Waals surface area contributed by atoms with Crippen LogP contribution in [0.5, 0.6) is 12.0 Å². The molecule has 0 fully saturated rings. The van der Waals surface area contributed by atoms with Crippen molar-refractivity contribution >= 4 is 67.6 Å². The summed E-state index contributed by atoms with van der Waals surface area (Å²) in [7, 11) is -7.14. The van der Waals surface area contributed by atoms with Gasteiger partial charge in [0.05, 0.1) is 40.6 Å². The Labute approximate surface area is 309 Å². The molecule has 0 amide bonds. The van der Waals surface area contributed by atoms with Gasteiger partial charge in [-0.25, -0.2) is 0 Å². The number of nitrogens with one attached hydrogen (secondary N) is 2. The van der Waals surface area contributed by atoms with Gasteiger partial charge in [-0.2, -0.15) is 46.7 Å². The lowest BCUT2D eigenvalue weighted by Crippen LogP contribution is -2.31. The van der Waals surface area contributed by atoms with E-state index in [1.807, 2.05) is 0 Å². The largest absolute Gasteiger partial charge is 0.467 e. The second kappa shape index (κ2) is 18.6. The molecule has 2 aromatic heterocycles. The summed E-state index contributed by atoms with van der Waals surface area (Å²) in [5.74, 6) is -0.127. The predicted octanol–water partition coefficient (Wildman–Crippen LogP) is -0.193. The van der Waals surface area contributed by atoms with Crippen LogP contribution in [0.15, 0.2) is 46.2 Å². The Morgan fingerprint density at radius 3 is 1.24 bits per heavy atom. The van der Waals surface area contributed by atoms with Crippen molar-refractivity contribution in [2.24, 2.45) is 0 Å². The number of hydrogen-bond acceptors (Lipinski definition) is 20. The Kier molecular flexibility index (Phi) is 14.3. The lowest BCUT2D eigenvalue weighted by atomic mass is 10.1. The Bertz CT molecular complexity index is 2000. The van der Waals surface area contributed by atoms with Crippen molar-refractivity contribution in [3.05, 3.63) is 47.5 Å². The van der Waals surface area contributed by atoms with Crippen LogP contribution in [-0.2, 0) is 20.2 Å². The number of aliphatic hydroxyl groups is 4. The smallest absolute Gasteiger partial charge is 0.322 e. The number of ether oxygens (including phenoxy) is 2. The standard InChI is InChI=1S/C30H38N10O12S2/c1-51-29-35-25(33-27(37-29)39(9-13-41)10-14-42)31-21-7-5-19(23(17-21)53(45,46)47)3-4-20-6-8-22(18-24(20)54(48,49)50)32-26-34-28(38-30(36-26)52-2)40(11-15-43)12-16-44/h3-8,17-18,41-44H,9-16H2,1-2H3,(H,45,46,47)(H,48,49,50)(H,31,33,35,37)(H,32,34,36,38)/b4-3-. The topological polar surface area (TPSA) is 316 Å². The SMILES string of the molecule is COc1nc(Nc2ccc(/C=C\c3ccc(Nc4nc(OC)nc(N(CCO)CCO)n4)cc3S(=O)(=O)O)c(S(=O)(=O)O)c2)nc(N(CCO)CCO)n1. The number of hydrogen-bond donors (Lipinski definition) is 8. The summed E-state index contributed by atoms with van der Waals surface area (Å²) in [5, 5.41) is 43.2. The summed E-state index contributed by atoms with van der Waals surface area (Å²) in [6, 6.07) is 7.32. The minimum atomic E-state index is -4.88. The van der Waals surface area contributed by atoms with Gasteiger partial charge in [0.2, 0.25) is 23.8 Å². The molecule has 0 saturated heterocycles. The molecule has 22 nitrogen and oxygen atoms in total. The number of rotatable bonds is 20. The molecule has 292 valence electrons. The van der Waals surface area contributed by atoms with Crippen molar-refractivity contribution < 1.29 is 55.8 Å². The molecule has 8 N–H and O–H groups in total. The molecule has 0 aliphatic carbocycles. The molecule has 0 aliphatic rings. The van der Waals surface area contributed by atoms with Crippen molar-refractivity contribution in [1.82, 2.24) is 29.9 Å². The van der Waals surface area contributed by atoms with Gasteiger partial charge in [0.15, 0.2) is 0 Å². The van der Waals surface area contributed by atoms with Crippen LogP contribution in [0.3, 0.4) is 0 Å². The van der Waals surface area contributed by atoms with Crippen molar-refractivity contribution in [2.75, 3.05) is 87.3 Å². The molecule has 2 heterocycles. The molecule has 54 heavy (non-hydrogen) atoms. The van der Waals surface area contributed by atoms with Crippen LogP contribution in [0.2, 0.25) is 0 Å². The van der Waals surface area contributed by atoms with E-state index in [0.29, 0.717) is 0 Å². The van der Waals surface area contributed by atoms with Gasteiger partial charge in [0, 0.05) is 37.6 Å². The summed E-state index contributed by atoms with van der Waals surface area (Å²) in [5.41, 5.74) is 0.0472. The summed E-state index contributed by atoms with van der Waals surface area (Å²) in [4.78, 5) is 26.6. The van der Waals surface area contributed by atoms with Crippen molar-refractivity contribution in [2.45, 2.75) is 9.79 Å². The fraction of sp³-hybridized carbons (Fsp3) is 0.333. The van der Waals surface area contributed by atoms with E-state index in [1.54, 1.807) is 0 Å². The molecule has 24 heteroatoms. The number of aliphatic hydroxyl groups excluding tert-OH is 4. The van der Waals surface area contributed by atoms with Crippen LogP contribution in [0.4, 0.5) is 35.2 Å². The zero-order valence-corrected chi connectivity index (χ0v) is 30.4. The molecule has 0 bridgehead atoms. The molecular formula is C30H38N10O12S2. The van der Waals surface area contributed by atoms with E-state index in [4.69, 9.17) is 9.47 Å². The van der Waals surface area contributed by atoms with Gasteiger partial charge >= 0.3 is 12.0 Å². The van der Waals surface area contributed by atoms with E-state index in [1.165, 1.54) is 60.4 Å². The average Bonchev–Trinajstić information content (AvgIpc) is 3.13. The van der Waals surface area contributed by atoms with Crippen LogP contribution in [-0.4, -0.2) is 143 Å². The first kappa shape index (κ1) is 41.4. The van der Waals surface area contributed by atoms with Gasteiger partial charge in [0.1, 0.15) is 9.79 Å². The summed E-state index contributed by atoms with van der Waals surface area (Å²) >= 11 is 0. The van der Waals surface area contributed by atoms with Gasteiger partial charge in [-0.1, -0.05) is 24.3 Å². The van der Waals surface area contributed by atoms with Crippen LogP contribution in [0, 0.1) is 0 Å². The summed E-state index contributed by atoms with van der Waals surface area (Å²) in [6.07, 6.45) is 2.41. The average molecular weight is 795 g/mol. The highest BCUT2D eigenvalue weighted by atomic mass is 32.2. The molecule has 0 unspecified atom stereocenters. The van der Waals surface area contributed by atoms with E-state index in [-0.39, 0.29) is 111 Å². The second-order valence-electron chi connectivity index (χ2n) is 10.8. The predicted molar refractivity (Wildman–Crippen MR) is 194 cm³/mol. The van der Waals surface area contributed by atoms with Gasteiger partial charge in [0.25, 0.3) is 20.2 Å². The van der Waals surface area contributed by atoms with E-state index >= 15 is 0 Å². The van der Waals surface area contributed by atoms with E-state index in [0.717, 1.165) is 12.1 Å². The Morgan fingerprint density at radius 2 is 0.944 bits per heavy atom. The maximum atomic E-state index is 12.5. The highest BCUT2D eigenvalue weighted by Crippen LogP contribution is 2.29. The number of benzene rings is 2. The van der Waals surface area contributed by atoms with Crippen molar-refractivity contribution in [1.29, 1.82) is 0 Å². The fourth-order valence-corrected chi connectivity index (χ4v) is 6.18. The lowest BCUT2D eigenvalue weighted by molar-refractivity contribution is 0.279. The lowest BCUT2D eigenvalue weighted by Gasteiger charge is -2.21. The van der Waals surface area contributed by atoms with Gasteiger partial charge in [-0.3, -0.25) is 9.11 Å². The molecular weight excluding hydrogens is 757 g/mol. The third kappa shape index (κ3) is 11.1. The van der Waals surface area contributed by atoms with Crippen LogP contribution in [0.25, 0.3) is 12.2 Å². The minimum Gasteiger partial charge on any atom is -0.467 e. The van der Waals surface area contributed by atoms with Gasteiger partial charge in [-0.05, 0) is 35.4 Å². The fourth-order valence-electron chi connectivity index (χ4n) is 4.76. The molecule has 4 rings (SSSR count). The van der Waals surface area contributed by atoms with E-state index in [2.05, 4.69) is 40.5 Å². The zero-order valence-electron chi connectivity index (χ0n) is 28.8. The van der Waals surface area contributed by atoms with Gasteiger partial charge < -0.3 is 50.3 Å². The molecule has 0 aliphatic heterocycles. The maximum absolute atomic E-state index is 12.5.